The van der Waals surface area contributed by atoms with Crippen LogP contribution in [0.3, 0.4) is 0 Å². The van der Waals surface area contributed by atoms with Gasteiger partial charge >= 0.3 is 0 Å². The number of nitrogens with one attached hydrogen (secondary N) is 2. The third-order valence-corrected chi connectivity index (χ3v) is 5.49. The summed E-state index contributed by atoms with van der Waals surface area (Å²) in [5.74, 6) is -1.14. The largest absolute Gasteiger partial charge is 0.371 e. The van der Waals surface area contributed by atoms with Gasteiger partial charge in [0.05, 0.1) is 0 Å². The molecule has 1 fully saturated rings. The molecule has 2 aromatic rings. The minimum atomic E-state index is -0.683. The third-order valence-electron chi connectivity index (χ3n) is 5.49. The van der Waals surface area contributed by atoms with Crippen LogP contribution >= 0.6 is 0 Å². The van der Waals surface area contributed by atoms with E-state index in [1.807, 2.05) is 31.2 Å². The van der Waals surface area contributed by atoms with Crippen molar-refractivity contribution >= 4 is 23.2 Å². The molecule has 30 heavy (non-hydrogen) atoms. The van der Waals surface area contributed by atoms with E-state index in [1.165, 1.54) is 18.9 Å². The molecule has 1 aliphatic rings. The number of hydrogen-bond acceptors (Lipinski definition) is 3. The molecule has 2 amide bonds. The number of nitrogens with zero attached hydrogens (tertiary/aromatic N) is 1. The topological polar surface area (TPSA) is 61.4 Å². The Labute approximate surface area is 177 Å². The lowest BCUT2D eigenvalue weighted by Gasteiger charge is -2.21. The fraction of sp³-hybridized carbons (Fsp3) is 0.417. The molecule has 1 atom stereocenters. The van der Waals surface area contributed by atoms with Gasteiger partial charge in [0, 0.05) is 30.0 Å². The van der Waals surface area contributed by atoms with Crippen LogP contribution in [-0.2, 0) is 4.79 Å². The summed E-state index contributed by atoms with van der Waals surface area (Å²) in [6.45, 7) is 5.73. The summed E-state index contributed by atoms with van der Waals surface area (Å²) in [6, 6.07) is 11.5. The maximum atomic E-state index is 13.8. The number of unbranched alkanes of at least 4 members (excludes halogenated alkanes) is 1. The van der Waals surface area contributed by atoms with E-state index in [-0.39, 0.29) is 11.5 Å². The monoisotopic (exact) mass is 411 g/mol. The number of halogens is 1. The van der Waals surface area contributed by atoms with Gasteiger partial charge in [-0.15, -0.1) is 0 Å². The van der Waals surface area contributed by atoms with Crippen LogP contribution in [0.25, 0.3) is 0 Å². The predicted octanol–water partition coefficient (Wildman–Crippen LogP) is 4.66. The highest BCUT2D eigenvalue weighted by Crippen LogP contribution is 2.23. The SMILES string of the molecule is CCCCC(NC(=O)c1ccc(C)c(F)c1)C(=O)Nc1cccc(N2CCCC2)c1. The normalized spacial score (nSPS) is 14.4. The van der Waals surface area contributed by atoms with Crippen molar-refractivity contribution < 1.29 is 14.0 Å². The summed E-state index contributed by atoms with van der Waals surface area (Å²) in [6.07, 6.45) is 4.59. The quantitative estimate of drug-likeness (QED) is 0.664. The number of amides is 2. The minimum Gasteiger partial charge on any atom is -0.371 e. The maximum absolute atomic E-state index is 13.8. The molecule has 3 rings (SSSR count). The summed E-state index contributed by atoms with van der Waals surface area (Å²) < 4.78 is 13.8. The fourth-order valence-corrected chi connectivity index (χ4v) is 3.64. The Morgan fingerprint density at radius 3 is 2.60 bits per heavy atom. The standard InChI is InChI=1S/C24H30FN3O2/c1-3-4-10-22(27-23(29)18-12-11-17(2)21(25)15-18)24(30)26-19-8-7-9-20(16-19)28-13-5-6-14-28/h7-9,11-12,15-16,22H,3-6,10,13-14H2,1-2H3,(H,26,30)(H,27,29). The van der Waals surface area contributed by atoms with E-state index >= 15 is 0 Å². The summed E-state index contributed by atoms with van der Waals surface area (Å²) in [7, 11) is 0. The maximum Gasteiger partial charge on any atom is 0.252 e. The zero-order valence-electron chi connectivity index (χ0n) is 17.7. The van der Waals surface area contributed by atoms with Gasteiger partial charge in [-0.2, -0.15) is 0 Å². The van der Waals surface area contributed by atoms with Crippen LogP contribution in [0.4, 0.5) is 15.8 Å². The predicted molar refractivity (Wildman–Crippen MR) is 118 cm³/mol. The van der Waals surface area contributed by atoms with Crippen LogP contribution in [0, 0.1) is 12.7 Å². The molecule has 2 N–H and O–H groups in total. The molecule has 1 aliphatic heterocycles. The number of aryl methyl sites for hydroxylation is 1. The van der Waals surface area contributed by atoms with Crippen LogP contribution < -0.4 is 15.5 Å². The van der Waals surface area contributed by atoms with Crippen LogP contribution in [0.2, 0.25) is 0 Å². The molecule has 160 valence electrons. The Hall–Kier alpha value is -2.89. The summed E-state index contributed by atoms with van der Waals surface area (Å²) in [5, 5.41) is 5.71. The summed E-state index contributed by atoms with van der Waals surface area (Å²) in [4.78, 5) is 27.8. The molecule has 0 aromatic heterocycles. The molecule has 0 aliphatic carbocycles. The molecule has 6 heteroatoms. The van der Waals surface area contributed by atoms with Crippen molar-refractivity contribution in [3.8, 4) is 0 Å². The van der Waals surface area contributed by atoms with E-state index in [1.54, 1.807) is 19.1 Å². The summed E-state index contributed by atoms with van der Waals surface area (Å²) >= 11 is 0. The fourth-order valence-electron chi connectivity index (χ4n) is 3.64. The minimum absolute atomic E-state index is 0.212. The number of rotatable bonds is 8. The molecule has 0 bridgehead atoms. The van der Waals surface area contributed by atoms with Crippen molar-refractivity contribution in [3.63, 3.8) is 0 Å². The lowest BCUT2D eigenvalue weighted by molar-refractivity contribution is -0.118. The van der Waals surface area contributed by atoms with E-state index in [4.69, 9.17) is 0 Å². The molecule has 1 saturated heterocycles. The van der Waals surface area contributed by atoms with E-state index in [0.29, 0.717) is 17.7 Å². The molecule has 1 unspecified atom stereocenters. The Morgan fingerprint density at radius 1 is 1.13 bits per heavy atom. The first-order valence-electron chi connectivity index (χ1n) is 10.7. The van der Waals surface area contributed by atoms with Crippen molar-refractivity contribution in [2.45, 2.75) is 52.0 Å². The zero-order chi connectivity index (χ0) is 21.5. The lowest BCUT2D eigenvalue weighted by Crippen LogP contribution is -2.43. The number of carbonyl (C=O) groups is 2. The zero-order valence-corrected chi connectivity index (χ0v) is 17.7. The molecule has 0 spiro atoms. The van der Waals surface area contributed by atoms with E-state index in [2.05, 4.69) is 15.5 Å². The lowest BCUT2D eigenvalue weighted by atomic mass is 10.1. The number of hydrogen-bond donors (Lipinski definition) is 2. The van der Waals surface area contributed by atoms with Gasteiger partial charge in [-0.3, -0.25) is 9.59 Å². The van der Waals surface area contributed by atoms with Gasteiger partial charge in [0.2, 0.25) is 5.91 Å². The van der Waals surface area contributed by atoms with Crippen LogP contribution in [0.5, 0.6) is 0 Å². The molecule has 0 saturated carbocycles. The van der Waals surface area contributed by atoms with E-state index < -0.39 is 17.8 Å². The van der Waals surface area contributed by atoms with Crippen molar-refractivity contribution in [1.82, 2.24) is 5.32 Å². The van der Waals surface area contributed by atoms with Gasteiger partial charge in [0.15, 0.2) is 0 Å². The Kier molecular flexibility index (Phi) is 7.44. The number of carbonyl (C=O) groups excluding carboxylic acids is 2. The first-order chi connectivity index (χ1) is 14.5. The van der Waals surface area contributed by atoms with Crippen LogP contribution in [-0.4, -0.2) is 30.9 Å². The first kappa shape index (κ1) is 21.8. The van der Waals surface area contributed by atoms with Gasteiger partial charge in [-0.25, -0.2) is 4.39 Å². The molecule has 5 nitrogen and oxygen atoms in total. The van der Waals surface area contributed by atoms with Gasteiger partial charge in [-0.1, -0.05) is 31.9 Å². The number of benzene rings is 2. The van der Waals surface area contributed by atoms with Crippen molar-refractivity contribution in [1.29, 1.82) is 0 Å². The van der Waals surface area contributed by atoms with Gasteiger partial charge < -0.3 is 15.5 Å². The van der Waals surface area contributed by atoms with Gasteiger partial charge in [-0.05, 0) is 62.1 Å². The smallest absolute Gasteiger partial charge is 0.252 e. The highest BCUT2D eigenvalue weighted by molar-refractivity contribution is 6.01. The molecular weight excluding hydrogens is 381 g/mol. The van der Waals surface area contributed by atoms with E-state index in [0.717, 1.165) is 31.6 Å². The Balaban J connectivity index is 1.69. The second-order valence-corrected chi connectivity index (χ2v) is 7.87. The highest BCUT2D eigenvalue weighted by atomic mass is 19.1. The van der Waals surface area contributed by atoms with Crippen molar-refractivity contribution in [2.24, 2.45) is 0 Å². The Morgan fingerprint density at radius 2 is 1.90 bits per heavy atom. The van der Waals surface area contributed by atoms with Gasteiger partial charge in [0.25, 0.3) is 5.91 Å². The average Bonchev–Trinajstić information content (AvgIpc) is 3.28. The highest BCUT2D eigenvalue weighted by Gasteiger charge is 2.22. The second-order valence-electron chi connectivity index (χ2n) is 7.87. The van der Waals surface area contributed by atoms with Crippen LogP contribution in [0.1, 0.15) is 54.9 Å². The number of anilines is 2. The van der Waals surface area contributed by atoms with Crippen molar-refractivity contribution in [3.05, 3.63) is 59.4 Å². The average molecular weight is 412 g/mol. The van der Waals surface area contributed by atoms with Gasteiger partial charge in [0.1, 0.15) is 11.9 Å². The van der Waals surface area contributed by atoms with Crippen molar-refractivity contribution in [2.75, 3.05) is 23.3 Å². The Bertz CT molecular complexity index is 894. The van der Waals surface area contributed by atoms with E-state index in [9.17, 15) is 14.0 Å². The second kappa shape index (κ2) is 10.2. The molecule has 0 radical (unpaired) electrons. The first-order valence-corrected chi connectivity index (χ1v) is 10.7. The molecule has 1 heterocycles. The third kappa shape index (κ3) is 5.59. The molecular formula is C24H30FN3O2. The van der Waals surface area contributed by atoms with Crippen LogP contribution in [0.15, 0.2) is 42.5 Å². The molecule has 2 aromatic carbocycles. The summed E-state index contributed by atoms with van der Waals surface area (Å²) in [5.41, 5.74) is 2.49.